The molecule has 0 saturated carbocycles. The number of hydrogen-bond acceptors (Lipinski definition) is 4. The molecule has 1 amide bonds. The Bertz CT molecular complexity index is 540. The van der Waals surface area contributed by atoms with E-state index in [4.69, 9.17) is 4.74 Å². The van der Waals surface area contributed by atoms with Crippen LogP contribution in [0.3, 0.4) is 0 Å². The predicted octanol–water partition coefficient (Wildman–Crippen LogP) is 3.49. The van der Waals surface area contributed by atoms with Gasteiger partial charge in [0.15, 0.2) is 0 Å². The smallest absolute Gasteiger partial charge is 0.253 e. The van der Waals surface area contributed by atoms with Crippen molar-refractivity contribution in [3.8, 4) is 0 Å². The molecule has 5 heteroatoms. The highest BCUT2D eigenvalue weighted by atomic mass is 32.2. The number of thioether (sulfide) groups is 1. The Morgan fingerprint density at radius 2 is 2.08 bits per heavy atom. The van der Waals surface area contributed by atoms with Gasteiger partial charge in [0, 0.05) is 55.1 Å². The lowest BCUT2D eigenvalue weighted by molar-refractivity contribution is 0.0629. The van der Waals surface area contributed by atoms with Gasteiger partial charge in [-0.25, -0.2) is 0 Å². The first-order valence-electron chi connectivity index (χ1n) is 9.04. The third-order valence-corrected chi connectivity index (χ3v) is 5.79. The summed E-state index contributed by atoms with van der Waals surface area (Å²) in [7, 11) is 0. The Kier molecular flexibility index (Phi) is 6.44. The summed E-state index contributed by atoms with van der Waals surface area (Å²) in [6.07, 6.45) is 3.49. The van der Waals surface area contributed by atoms with Crippen LogP contribution in [0.15, 0.2) is 24.3 Å². The molecular formula is C19H28N2O2S. The van der Waals surface area contributed by atoms with Crippen LogP contribution in [0.2, 0.25) is 0 Å². The Morgan fingerprint density at radius 3 is 2.83 bits per heavy atom. The first kappa shape index (κ1) is 17.6. The fourth-order valence-corrected chi connectivity index (χ4v) is 4.42. The Hall–Kier alpha value is -1.20. The molecule has 3 rings (SSSR count). The molecule has 0 spiro atoms. The maximum absolute atomic E-state index is 12.6. The van der Waals surface area contributed by atoms with Crippen LogP contribution in [0.25, 0.3) is 0 Å². The lowest BCUT2D eigenvalue weighted by Gasteiger charge is -2.27. The molecule has 0 aliphatic carbocycles. The van der Waals surface area contributed by atoms with Crippen molar-refractivity contribution in [2.24, 2.45) is 5.92 Å². The largest absolute Gasteiger partial charge is 0.383 e. The molecule has 0 radical (unpaired) electrons. The molecule has 0 aromatic heterocycles. The monoisotopic (exact) mass is 348 g/mol. The van der Waals surface area contributed by atoms with Crippen LogP contribution >= 0.6 is 11.8 Å². The average Bonchev–Trinajstić information content (AvgIpc) is 2.63. The van der Waals surface area contributed by atoms with E-state index in [1.54, 1.807) is 0 Å². The number of nitrogens with one attached hydrogen (secondary N) is 1. The van der Waals surface area contributed by atoms with Gasteiger partial charge in [0.2, 0.25) is 0 Å². The highest BCUT2D eigenvalue weighted by molar-refractivity contribution is 7.99. The zero-order valence-electron chi connectivity index (χ0n) is 14.5. The minimum atomic E-state index is 0.163. The second-order valence-electron chi connectivity index (χ2n) is 6.82. The number of rotatable bonds is 5. The molecule has 1 N–H and O–H groups in total. The summed E-state index contributed by atoms with van der Waals surface area (Å²) >= 11 is 1.92. The number of ether oxygens (including phenoxy) is 1. The summed E-state index contributed by atoms with van der Waals surface area (Å²) in [4.78, 5) is 14.6. The van der Waals surface area contributed by atoms with Crippen molar-refractivity contribution in [1.29, 1.82) is 0 Å². The number of anilines is 1. The minimum Gasteiger partial charge on any atom is -0.383 e. The summed E-state index contributed by atoms with van der Waals surface area (Å²) in [6.45, 7) is 5.75. The van der Waals surface area contributed by atoms with E-state index in [1.165, 1.54) is 0 Å². The van der Waals surface area contributed by atoms with Crippen molar-refractivity contribution in [2.75, 3.05) is 43.1 Å². The van der Waals surface area contributed by atoms with Gasteiger partial charge in [-0.2, -0.15) is 11.8 Å². The van der Waals surface area contributed by atoms with Gasteiger partial charge in [-0.1, -0.05) is 6.07 Å². The van der Waals surface area contributed by atoms with E-state index in [9.17, 15) is 4.79 Å². The van der Waals surface area contributed by atoms with Crippen LogP contribution in [0.1, 0.15) is 36.5 Å². The second kappa shape index (κ2) is 8.77. The number of benzene rings is 1. The van der Waals surface area contributed by atoms with Crippen molar-refractivity contribution in [2.45, 2.75) is 32.2 Å². The van der Waals surface area contributed by atoms with Crippen LogP contribution in [-0.4, -0.2) is 54.7 Å². The number of nitrogens with zero attached hydrogens (tertiary/aromatic N) is 1. The SMILES string of the molecule is C[C@@H](CC1CCOCC1)Nc1cccc(C(=O)N2CCSCC2)c1. The van der Waals surface area contributed by atoms with Crippen molar-refractivity contribution < 1.29 is 9.53 Å². The summed E-state index contributed by atoms with van der Waals surface area (Å²) in [5, 5.41) is 3.57. The van der Waals surface area contributed by atoms with Gasteiger partial charge in [-0.15, -0.1) is 0 Å². The molecule has 4 nitrogen and oxygen atoms in total. The fraction of sp³-hybridized carbons (Fsp3) is 0.632. The van der Waals surface area contributed by atoms with Crippen molar-refractivity contribution >= 4 is 23.4 Å². The van der Waals surface area contributed by atoms with Crippen LogP contribution in [-0.2, 0) is 4.74 Å². The summed E-state index contributed by atoms with van der Waals surface area (Å²) in [5.41, 5.74) is 1.84. The Morgan fingerprint density at radius 1 is 1.33 bits per heavy atom. The molecule has 132 valence electrons. The molecule has 2 aliphatic heterocycles. The van der Waals surface area contributed by atoms with Crippen molar-refractivity contribution in [1.82, 2.24) is 4.90 Å². The van der Waals surface area contributed by atoms with E-state index < -0.39 is 0 Å². The van der Waals surface area contributed by atoms with E-state index in [0.717, 1.165) is 74.2 Å². The molecule has 1 aromatic carbocycles. The third kappa shape index (κ3) is 4.90. The van der Waals surface area contributed by atoms with E-state index >= 15 is 0 Å². The molecular weight excluding hydrogens is 320 g/mol. The van der Waals surface area contributed by atoms with E-state index in [2.05, 4.69) is 18.3 Å². The van der Waals surface area contributed by atoms with Gasteiger partial charge in [-0.05, 0) is 50.3 Å². The fourth-order valence-electron chi connectivity index (χ4n) is 3.52. The maximum Gasteiger partial charge on any atom is 0.253 e. The van der Waals surface area contributed by atoms with Crippen LogP contribution in [0, 0.1) is 5.92 Å². The quantitative estimate of drug-likeness (QED) is 0.884. The zero-order valence-corrected chi connectivity index (χ0v) is 15.3. The van der Waals surface area contributed by atoms with Crippen molar-refractivity contribution in [3.05, 3.63) is 29.8 Å². The van der Waals surface area contributed by atoms with Crippen LogP contribution in [0.5, 0.6) is 0 Å². The molecule has 24 heavy (non-hydrogen) atoms. The summed E-state index contributed by atoms with van der Waals surface area (Å²) in [5.74, 6) is 3.01. The molecule has 2 saturated heterocycles. The highest BCUT2D eigenvalue weighted by Crippen LogP contribution is 2.22. The lowest BCUT2D eigenvalue weighted by Crippen LogP contribution is -2.37. The Balaban J connectivity index is 1.56. The van der Waals surface area contributed by atoms with E-state index in [1.807, 2.05) is 34.9 Å². The van der Waals surface area contributed by atoms with Crippen LogP contribution < -0.4 is 5.32 Å². The number of amides is 1. The highest BCUT2D eigenvalue weighted by Gasteiger charge is 2.19. The standard InChI is InChI=1S/C19H28N2O2S/c1-15(13-16-5-9-23-10-6-16)20-18-4-2-3-17(14-18)19(22)21-7-11-24-12-8-21/h2-4,14-16,20H,5-13H2,1H3/t15-/m0/s1. The number of carbonyl (C=O) groups excluding carboxylic acids is 1. The van der Waals surface area contributed by atoms with Crippen molar-refractivity contribution in [3.63, 3.8) is 0 Å². The molecule has 1 aromatic rings. The molecule has 1 atom stereocenters. The summed E-state index contributed by atoms with van der Waals surface area (Å²) < 4.78 is 5.44. The average molecular weight is 349 g/mol. The van der Waals surface area contributed by atoms with Gasteiger partial charge < -0.3 is 15.0 Å². The molecule has 2 fully saturated rings. The van der Waals surface area contributed by atoms with Gasteiger partial charge in [-0.3, -0.25) is 4.79 Å². The lowest BCUT2D eigenvalue weighted by atomic mass is 9.93. The third-order valence-electron chi connectivity index (χ3n) is 4.85. The second-order valence-corrected chi connectivity index (χ2v) is 8.05. The molecule has 0 unspecified atom stereocenters. The molecule has 2 heterocycles. The van der Waals surface area contributed by atoms with Gasteiger partial charge in [0.05, 0.1) is 0 Å². The first-order valence-corrected chi connectivity index (χ1v) is 10.2. The molecule has 2 aliphatic rings. The van der Waals surface area contributed by atoms with E-state index in [0.29, 0.717) is 6.04 Å². The Labute approximate surface area is 149 Å². The van der Waals surface area contributed by atoms with Gasteiger partial charge in [0.1, 0.15) is 0 Å². The normalized spacial score (nSPS) is 20.6. The van der Waals surface area contributed by atoms with Gasteiger partial charge >= 0.3 is 0 Å². The van der Waals surface area contributed by atoms with E-state index in [-0.39, 0.29) is 5.91 Å². The van der Waals surface area contributed by atoms with Crippen LogP contribution in [0.4, 0.5) is 5.69 Å². The minimum absolute atomic E-state index is 0.163. The van der Waals surface area contributed by atoms with Gasteiger partial charge in [0.25, 0.3) is 5.91 Å². The first-order chi connectivity index (χ1) is 11.7. The number of carbonyl (C=O) groups is 1. The summed E-state index contributed by atoms with van der Waals surface area (Å²) in [6, 6.07) is 8.38. The maximum atomic E-state index is 12.6. The number of hydrogen-bond donors (Lipinski definition) is 1. The molecule has 0 bridgehead atoms. The predicted molar refractivity (Wildman–Crippen MR) is 101 cm³/mol. The zero-order chi connectivity index (χ0) is 16.8. The topological polar surface area (TPSA) is 41.6 Å².